The van der Waals surface area contributed by atoms with E-state index in [-0.39, 0.29) is 5.91 Å². The van der Waals surface area contributed by atoms with Gasteiger partial charge in [-0.25, -0.2) is 0 Å². The van der Waals surface area contributed by atoms with Crippen LogP contribution in [0.15, 0.2) is 54.1 Å². The fourth-order valence-electron chi connectivity index (χ4n) is 3.35. The Morgan fingerprint density at radius 1 is 1.21 bits per heavy atom. The lowest BCUT2D eigenvalue weighted by molar-refractivity contribution is -0.0619. The summed E-state index contributed by atoms with van der Waals surface area (Å²) in [7, 11) is 0. The van der Waals surface area contributed by atoms with Crippen LogP contribution in [0.4, 0.5) is 0 Å². The normalized spacial score (nSPS) is 23.0. The second-order valence-corrected chi connectivity index (χ2v) is 6.28. The quantitative estimate of drug-likeness (QED) is 0.850. The van der Waals surface area contributed by atoms with Gasteiger partial charge in [-0.15, -0.1) is 0 Å². The van der Waals surface area contributed by atoms with Crippen LogP contribution in [0.5, 0.6) is 0 Å². The Morgan fingerprint density at radius 3 is 2.96 bits per heavy atom. The SMILES string of the molecule is O=C(c1ccccn1)N1CCCC2(CC(c3cccnc3)=NO2)C1. The molecular formula is C18H18N4O2. The van der Waals surface area contributed by atoms with Gasteiger partial charge in [-0.05, 0) is 37.1 Å². The van der Waals surface area contributed by atoms with E-state index in [4.69, 9.17) is 4.84 Å². The van der Waals surface area contributed by atoms with E-state index in [1.807, 2.05) is 29.2 Å². The monoisotopic (exact) mass is 322 g/mol. The van der Waals surface area contributed by atoms with Gasteiger partial charge in [-0.1, -0.05) is 11.2 Å². The summed E-state index contributed by atoms with van der Waals surface area (Å²) in [4.78, 5) is 28.6. The van der Waals surface area contributed by atoms with Gasteiger partial charge in [0.2, 0.25) is 0 Å². The summed E-state index contributed by atoms with van der Waals surface area (Å²) in [6, 6.07) is 9.25. The van der Waals surface area contributed by atoms with Crippen molar-refractivity contribution in [2.24, 2.45) is 5.16 Å². The van der Waals surface area contributed by atoms with Gasteiger partial charge in [0.25, 0.3) is 5.91 Å². The van der Waals surface area contributed by atoms with Crippen molar-refractivity contribution in [2.45, 2.75) is 24.9 Å². The molecule has 2 aliphatic heterocycles. The third-order valence-electron chi connectivity index (χ3n) is 4.54. The third kappa shape index (κ3) is 2.75. The molecular weight excluding hydrogens is 304 g/mol. The van der Waals surface area contributed by atoms with Crippen LogP contribution in [0, 0.1) is 0 Å². The fourth-order valence-corrected chi connectivity index (χ4v) is 3.35. The zero-order valence-corrected chi connectivity index (χ0v) is 13.3. The van der Waals surface area contributed by atoms with Gasteiger partial charge < -0.3 is 9.74 Å². The van der Waals surface area contributed by atoms with Crippen molar-refractivity contribution in [2.75, 3.05) is 13.1 Å². The van der Waals surface area contributed by atoms with Crippen LogP contribution in [-0.2, 0) is 4.84 Å². The molecule has 6 nitrogen and oxygen atoms in total. The van der Waals surface area contributed by atoms with E-state index in [2.05, 4.69) is 15.1 Å². The summed E-state index contributed by atoms with van der Waals surface area (Å²) < 4.78 is 0. The lowest BCUT2D eigenvalue weighted by Crippen LogP contribution is -2.50. The molecule has 0 bridgehead atoms. The Balaban J connectivity index is 1.49. The van der Waals surface area contributed by atoms with E-state index in [1.165, 1.54) is 0 Å². The minimum absolute atomic E-state index is 0.0481. The highest BCUT2D eigenvalue weighted by atomic mass is 16.7. The zero-order chi connectivity index (χ0) is 16.4. The molecule has 6 heteroatoms. The molecule has 4 rings (SSSR count). The fraction of sp³-hybridized carbons (Fsp3) is 0.333. The molecule has 1 saturated heterocycles. The number of likely N-dealkylation sites (tertiary alicyclic amines) is 1. The number of piperidine rings is 1. The van der Waals surface area contributed by atoms with E-state index in [0.29, 0.717) is 18.7 Å². The lowest BCUT2D eigenvalue weighted by atomic mass is 9.87. The number of nitrogens with zero attached hydrogens (tertiary/aromatic N) is 4. The molecule has 0 saturated carbocycles. The highest BCUT2D eigenvalue weighted by molar-refractivity contribution is 6.01. The topological polar surface area (TPSA) is 67.7 Å². The summed E-state index contributed by atoms with van der Waals surface area (Å²) in [5.41, 5.74) is 1.92. The molecule has 1 fully saturated rings. The van der Waals surface area contributed by atoms with Crippen molar-refractivity contribution in [3.63, 3.8) is 0 Å². The first kappa shape index (κ1) is 14.8. The Kier molecular flexibility index (Phi) is 3.72. The molecule has 0 N–H and O–H groups in total. The van der Waals surface area contributed by atoms with E-state index in [1.54, 1.807) is 24.7 Å². The number of hydrogen-bond donors (Lipinski definition) is 0. The lowest BCUT2D eigenvalue weighted by Gasteiger charge is -2.38. The minimum Gasteiger partial charge on any atom is -0.387 e. The summed E-state index contributed by atoms with van der Waals surface area (Å²) >= 11 is 0. The van der Waals surface area contributed by atoms with Crippen LogP contribution in [0.25, 0.3) is 0 Å². The predicted octanol–water partition coefficient (Wildman–Crippen LogP) is 2.28. The molecule has 1 spiro atoms. The summed E-state index contributed by atoms with van der Waals surface area (Å²) in [6.07, 6.45) is 7.67. The van der Waals surface area contributed by atoms with Crippen molar-refractivity contribution in [1.29, 1.82) is 0 Å². The molecule has 1 unspecified atom stereocenters. The molecule has 1 amide bonds. The van der Waals surface area contributed by atoms with Crippen molar-refractivity contribution in [1.82, 2.24) is 14.9 Å². The zero-order valence-electron chi connectivity index (χ0n) is 13.3. The largest absolute Gasteiger partial charge is 0.387 e. The Morgan fingerprint density at radius 2 is 2.17 bits per heavy atom. The van der Waals surface area contributed by atoms with Crippen LogP contribution in [-0.4, -0.2) is 45.2 Å². The second kappa shape index (κ2) is 6.03. The van der Waals surface area contributed by atoms with Gasteiger partial charge >= 0.3 is 0 Å². The summed E-state index contributed by atoms with van der Waals surface area (Å²) in [6.45, 7) is 1.26. The number of rotatable bonds is 2. The average molecular weight is 322 g/mol. The maximum atomic E-state index is 12.7. The van der Waals surface area contributed by atoms with Crippen LogP contribution in [0.3, 0.4) is 0 Å². The molecule has 0 radical (unpaired) electrons. The maximum absolute atomic E-state index is 12.7. The number of hydrogen-bond acceptors (Lipinski definition) is 5. The molecule has 24 heavy (non-hydrogen) atoms. The number of carbonyl (C=O) groups excluding carboxylic acids is 1. The standard InChI is InChI=1S/C18H18N4O2/c23-17(15-6-1-2-9-20-15)22-10-4-7-18(13-22)11-16(21-24-18)14-5-3-8-19-12-14/h1-3,5-6,8-9,12H,4,7,10-11,13H2. The third-order valence-corrected chi connectivity index (χ3v) is 4.54. The van der Waals surface area contributed by atoms with Crippen molar-refractivity contribution >= 4 is 11.6 Å². The van der Waals surface area contributed by atoms with E-state index in [0.717, 1.165) is 30.7 Å². The molecule has 122 valence electrons. The summed E-state index contributed by atoms with van der Waals surface area (Å²) in [5, 5.41) is 4.27. The Hall–Kier alpha value is -2.76. The molecule has 2 aromatic heterocycles. The number of carbonyl (C=O) groups is 1. The van der Waals surface area contributed by atoms with E-state index in [9.17, 15) is 4.79 Å². The van der Waals surface area contributed by atoms with Crippen molar-refractivity contribution in [3.8, 4) is 0 Å². The smallest absolute Gasteiger partial charge is 0.272 e. The molecule has 1 atom stereocenters. The molecule has 4 heterocycles. The van der Waals surface area contributed by atoms with Gasteiger partial charge in [0.1, 0.15) is 5.69 Å². The van der Waals surface area contributed by atoms with Crippen molar-refractivity contribution in [3.05, 3.63) is 60.2 Å². The predicted molar refractivity (Wildman–Crippen MR) is 88.6 cm³/mol. The van der Waals surface area contributed by atoms with E-state index < -0.39 is 5.60 Å². The first-order chi connectivity index (χ1) is 11.8. The van der Waals surface area contributed by atoms with Gasteiger partial charge in [-0.2, -0.15) is 0 Å². The van der Waals surface area contributed by atoms with Gasteiger partial charge in [0.15, 0.2) is 5.60 Å². The molecule has 2 aliphatic rings. The second-order valence-electron chi connectivity index (χ2n) is 6.28. The number of oxime groups is 1. The van der Waals surface area contributed by atoms with Gasteiger partial charge in [-0.3, -0.25) is 14.8 Å². The highest BCUT2D eigenvalue weighted by Gasteiger charge is 2.44. The molecule has 2 aromatic rings. The average Bonchev–Trinajstić information content (AvgIpc) is 3.06. The number of aromatic nitrogens is 2. The Bertz CT molecular complexity index is 763. The first-order valence-electron chi connectivity index (χ1n) is 8.12. The number of amides is 1. The number of pyridine rings is 2. The van der Waals surface area contributed by atoms with E-state index >= 15 is 0 Å². The maximum Gasteiger partial charge on any atom is 0.272 e. The Labute approximate surface area is 140 Å². The molecule has 0 aliphatic carbocycles. The first-order valence-corrected chi connectivity index (χ1v) is 8.12. The molecule has 0 aromatic carbocycles. The highest BCUT2D eigenvalue weighted by Crippen LogP contribution is 2.35. The van der Waals surface area contributed by atoms with Crippen molar-refractivity contribution < 1.29 is 9.63 Å². The van der Waals surface area contributed by atoms with Gasteiger partial charge in [0.05, 0.1) is 12.3 Å². The van der Waals surface area contributed by atoms with Gasteiger partial charge in [0, 0.05) is 37.1 Å². The van der Waals surface area contributed by atoms with Crippen LogP contribution in [0.1, 0.15) is 35.3 Å². The van der Waals surface area contributed by atoms with Crippen LogP contribution >= 0.6 is 0 Å². The van der Waals surface area contributed by atoms with Crippen LogP contribution in [0.2, 0.25) is 0 Å². The summed E-state index contributed by atoms with van der Waals surface area (Å²) in [5.74, 6) is -0.0481. The minimum atomic E-state index is -0.423. The van der Waals surface area contributed by atoms with Crippen LogP contribution < -0.4 is 0 Å².